The van der Waals surface area contributed by atoms with Gasteiger partial charge in [-0.1, -0.05) is 31.5 Å². The summed E-state index contributed by atoms with van der Waals surface area (Å²) in [6.07, 6.45) is 0.490. The van der Waals surface area contributed by atoms with Gasteiger partial charge in [-0.2, -0.15) is 0 Å². The first-order valence-corrected chi connectivity index (χ1v) is 8.27. The van der Waals surface area contributed by atoms with E-state index < -0.39 is 0 Å². The Hall–Kier alpha value is -2.33. The molecule has 1 amide bonds. The maximum atomic E-state index is 11.9. The van der Waals surface area contributed by atoms with Crippen molar-refractivity contribution in [3.63, 3.8) is 0 Å². The second-order valence-electron chi connectivity index (χ2n) is 6.31. The molecule has 3 rings (SSSR count). The topological polar surface area (TPSA) is 55.1 Å². The Balaban J connectivity index is 1.88. The highest BCUT2D eigenvalue weighted by molar-refractivity contribution is 6.31. The molecule has 1 heterocycles. The van der Waals surface area contributed by atoms with E-state index >= 15 is 0 Å². The molecular formula is C19H19ClN2O2. The summed E-state index contributed by atoms with van der Waals surface area (Å²) in [6.45, 7) is 5.98. The van der Waals surface area contributed by atoms with Gasteiger partial charge in [-0.25, -0.2) is 4.98 Å². The summed E-state index contributed by atoms with van der Waals surface area (Å²) >= 11 is 6.17. The van der Waals surface area contributed by atoms with Gasteiger partial charge >= 0.3 is 0 Å². The molecule has 0 atom stereocenters. The van der Waals surface area contributed by atoms with Crippen LogP contribution >= 0.6 is 11.6 Å². The summed E-state index contributed by atoms with van der Waals surface area (Å²) in [5.41, 5.74) is 3.92. The molecule has 0 bridgehead atoms. The van der Waals surface area contributed by atoms with Crippen LogP contribution in [-0.4, -0.2) is 10.9 Å². The van der Waals surface area contributed by atoms with Crippen LogP contribution in [0.2, 0.25) is 5.02 Å². The number of halogens is 1. The smallest absolute Gasteiger partial charge is 0.227 e. The lowest BCUT2D eigenvalue weighted by Crippen LogP contribution is -2.13. The monoisotopic (exact) mass is 342 g/mol. The summed E-state index contributed by atoms with van der Waals surface area (Å²) in [6, 6.07) is 11.1. The summed E-state index contributed by atoms with van der Waals surface area (Å²) in [4.78, 5) is 16.4. The number of nitrogens with one attached hydrogen (secondary N) is 1. The first-order valence-electron chi connectivity index (χ1n) is 7.89. The van der Waals surface area contributed by atoms with E-state index in [-0.39, 0.29) is 5.91 Å². The van der Waals surface area contributed by atoms with Gasteiger partial charge in [-0.3, -0.25) is 4.79 Å². The highest BCUT2D eigenvalue weighted by atomic mass is 35.5. The lowest BCUT2D eigenvalue weighted by atomic mass is 10.1. The van der Waals surface area contributed by atoms with Crippen LogP contribution in [0.1, 0.15) is 25.8 Å². The fourth-order valence-electron chi connectivity index (χ4n) is 2.44. The van der Waals surface area contributed by atoms with Gasteiger partial charge in [-0.15, -0.1) is 0 Å². The molecule has 0 aliphatic rings. The molecule has 3 aromatic rings. The van der Waals surface area contributed by atoms with E-state index in [1.807, 2.05) is 57.2 Å². The molecule has 1 aromatic heterocycles. The highest BCUT2D eigenvalue weighted by Gasteiger charge is 2.11. The van der Waals surface area contributed by atoms with E-state index in [0.717, 1.165) is 16.8 Å². The quantitative estimate of drug-likeness (QED) is 0.686. The van der Waals surface area contributed by atoms with Crippen LogP contribution < -0.4 is 5.32 Å². The third kappa shape index (κ3) is 3.60. The Labute approximate surface area is 145 Å². The van der Waals surface area contributed by atoms with Gasteiger partial charge in [-0.05, 0) is 48.7 Å². The van der Waals surface area contributed by atoms with Gasteiger partial charge < -0.3 is 9.73 Å². The van der Waals surface area contributed by atoms with Gasteiger partial charge in [0.1, 0.15) is 5.52 Å². The van der Waals surface area contributed by atoms with Crippen molar-refractivity contribution in [2.75, 3.05) is 5.32 Å². The fourth-order valence-corrected chi connectivity index (χ4v) is 2.62. The Bertz CT molecular complexity index is 900. The number of nitrogens with zero attached hydrogens (tertiary/aromatic N) is 1. The number of carbonyl (C=O) groups is 1. The Morgan fingerprint density at radius 3 is 2.75 bits per heavy atom. The van der Waals surface area contributed by atoms with E-state index in [4.69, 9.17) is 16.0 Å². The first-order chi connectivity index (χ1) is 11.4. The Morgan fingerprint density at radius 2 is 2.04 bits per heavy atom. The molecule has 0 spiro atoms. The van der Waals surface area contributed by atoms with E-state index in [0.29, 0.717) is 34.4 Å². The van der Waals surface area contributed by atoms with Gasteiger partial charge in [0.2, 0.25) is 11.8 Å². The van der Waals surface area contributed by atoms with Crippen molar-refractivity contribution in [1.82, 2.24) is 4.98 Å². The number of aromatic nitrogens is 1. The lowest BCUT2D eigenvalue weighted by Gasteiger charge is -2.06. The molecule has 2 aromatic carbocycles. The predicted octanol–water partition coefficient (Wildman–Crippen LogP) is 5.44. The number of aryl methyl sites for hydroxylation is 1. The van der Waals surface area contributed by atoms with Crippen LogP contribution in [0.15, 0.2) is 40.8 Å². The number of benzene rings is 2. The first kappa shape index (κ1) is 16.5. The SMILES string of the molecule is Cc1ccc(-c2nc3cc(NC(=O)CC(C)C)ccc3o2)cc1Cl. The van der Waals surface area contributed by atoms with Crippen LogP contribution in [-0.2, 0) is 4.79 Å². The number of anilines is 1. The van der Waals surface area contributed by atoms with E-state index in [1.165, 1.54) is 0 Å². The minimum absolute atomic E-state index is 0.00150. The third-order valence-electron chi connectivity index (χ3n) is 3.68. The molecule has 0 aliphatic heterocycles. The zero-order valence-electron chi connectivity index (χ0n) is 13.9. The van der Waals surface area contributed by atoms with Crippen molar-refractivity contribution < 1.29 is 9.21 Å². The number of hydrogen-bond donors (Lipinski definition) is 1. The Kier molecular flexibility index (Phi) is 4.58. The summed E-state index contributed by atoms with van der Waals surface area (Å²) in [5, 5.41) is 3.57. The van der Waals surface area contributed by atoms with Crippen molar-refractivity contribution in [1.29, 1.82) is 0 Å². The molecular weight excluding hydrogens is 324 g/mol. The largest absolute Gasteiger partial charge is 0.436 e. The third-order valence-corrected chi connectivity index (χ3v) is 4.09. The number of hydrogen-bond acceptors (Lipinski definition) is 3. The maximum absolute atomic E-state index is 11.9. The van der Waals surface area contributed by atoms with E-state index in [9.17, 15) is 4.79 Å². The van der Waals surface area contributed by atoms with Crippen molar-refractivity contribution in [2.45, 2.75) is 27.2 Å². The van der Waals surface area contributed by atoms with E-state index in [1.54, 1.807) is 0 Å². The van der Waals surface area contributed by atoms with Gasteiger partial charge in [0.05, 0.1) is 0 Å². The average Bonchev–Trinajstić information content (AvgIpc) is 2.92. The van der Waals surface area contributed by atoms with E-state index in [2.05, 4.69) is 10.3 Å². The molecule has 0 fully saturated rings. The number of fused-ring (bicyclic) bond motifs is 1. The van der Waals surface area contributed by atoms with Crippen LogP contribution in [0.25, 0.3) is 22.6 Å². The second kappa shape index (κ2) is 6.65. The zero-order valence-corrected chi connectivity index (χ0v) is 14.6. The number of rotatable bonds is 4. The molecule has 0 aliphatic carbocycles. The van der Waals surface area contributed by atoms with Crippen molar-refractivity contribution in [2.24, 2.45) is 5.92 Å². The summed E-state index contributed by atoms with van der Waals surface area (Å²) < 4.78 is 5.79. The normalized spacial score (nSPS) is 11.2. The zero-order chi connectivity index (χ0) is 17.3. The van der Waals surface area contributed by atoms with Crippen LogP contribution in [0.5, 0.6) is 0 Å². The lowest BCUT2D eigenvalue weighted by molar-refractivity contribution is -0.116. The Morgan fingerprint density at radius 1 is 1.25 bits per heavy atom. The number of oxazole rings is 1. The van der Waals surface area contributed by atoms with Crippen LogP contribution in [0, 0.1) is 12.8 Å². The molecule has 1 N–H and O–H groups in total. The molecule has 0 saturated heterocycles. The summed E-state index contributed by atoms with van der Waals surface area (Å²) in [5.74, 6) is 0.828. The molecule has 124 valence electrons. The van der Waals surface area contributed by atoms with Crippen molar-refractivity contribution in [3.05, 3.63) is 47.0 Å². The van der Waals surface area contributed by atoms with Gasteiger partial charge in [0.25, 0.3) is 0 Å². The molecule has 0 unspecified atom stereocenters. The minimum Gasteiger partial charge on any atom is -0.436 e. The van der Waals surface area contributed by atoms with Crippen LogP contribution in [0.4, 0.5) is 5.69 Å². The highest BCUT2D eigenvalue weighted by Crippen LogP contribution is 2.29. The summed E-state index contributed by atoms with van der Waals surface area (Å²) in [7, 11) is 0. The number of carbonyl (C=O) groups excluding carboxylic acids is 1. The predicted molar refractivity (Wildman–Crippen MR) is 97.3 cm³/mol. The molecule has 5 heteroatoms. The molecule has 24 heavy (non-hydrogen) atoms. The van der Waals surface area contributed by atoms with Gasteiger partial charge in [0, 0.05) is 22.7 Å². The van der Waals surface area contributed by atoms with Crippen molar-refractivity contribution in [3.8, 4) is 11.5 Å². The number of amides is 1. The van der Waals surface area contributed by atoms with Crippen molar-refractivity contribution >= 4 is 34.3 Å². The second-order valence-corrected chi connectivity index (χ2v) is 6.72. The maximum Gasteiger partial charge on any atom is 0.227 e. The minimum atomic E-state index is -0.00150. The molecule has 4 nitrogen and oxygen atoms in total. The van der Waals surface area contributed by atoms with Crippen LogP contribution in [0.3, 0.4) is 0 Å². The average molecular weight is 343 g/mol. The molecule has 0 saturated carbocycles. The fraction of sp³-hybridized carbons (Fsp3) is 0.263. The molecule has 0 radical (unpaired) electrons. The van der Waals surface area contributed by atoms with Gasteiger partial charge in [0.15, 0.2) is 5.58 Å². The standard InChI is InChI=1S/C19H19ClN2O2/c1-11(2)8-18(23)21-14-6-7-17-16(10-14)22-19(24-17)13-5-4-12(3)15(20)9-13/h4-7,9-11H,8H2,1-3H3,(H,21,23).